The minimum atomic E-state index is -0.264. The highest BCUT2D eigenvalue weighted by atomic mass is 35.5. The lowest BCUT2D eigenvalue weighted by Crippen LogP contribution is -2.27. The van der Waals surface area contributed by atoms with Gasteiger partial charge in [-0.15, -0.1) is 0 Å². The molecule has 0 saturated carbocycles. The number of hydrogen-bond acceptors (Lipinski definition) is 3. The van der Waals surface area contributed by atoms with Gasteiger partial charge in [0.05, 0.1) is 18.4 Å². The molecule has 1 heterocycles. The Kier molecular flexibility index (Phi) is 4.91. The van der Waals surface area contributed by atoms with Gasteiger partial charge in [0.1, 0.15) is 10.8 Å². The third kappa shape index (κ3) is 4.02. The Labute approximate surface area is 129 Å². The van der Waals surface area contributed by atoms with E-state index >= 15 is 0 Å². The second-order valence-corrected chi connectivity index (χ2v) is 5.63. The Bertz CT molecular complexity index is 608. The number of nitrogens with one attached hydrogen (secondary N) is 1. The number of nitrogens with zero attached hydrogens (tertiary/aromatic N) is 2. The molecule has 1 N–H and O–H groups in total. The van der Waals surface area contributed by atoms with Crippen molar-refractivity contribution in [3.63, 3.8) is 0 Å². The quantitative estimate of drug-likeness (QED) is 0.936. The summed E-state index contributed by atoms with van der Waals surface area (Å²) in [5.41, 5.74) is 2.58. The van der Waals surface area contributed by atoms with Gasteiger partial charge >= 0.3 is 0 Å². The van der Waals surface area contributed by atoms with Gasteiger partial charge in [0.2, 0.25) is 0 Å². The zero-order valence-electron chi connectivity index (χ0n) is 12.3. The highest BCUT2D eigenvalue weighted by Crippen LogP contribution is 2.18. The van der Waals surface area contributed by atoms with Crippen LogP contribution in [0.4, 0.5) is 0 Å². The molecule has 0 aliphatic heterocycles. The Hall–Kier alpha value is -1.94. The lowest BCUT2D eigenvalue weighted by atomic mass is 9.99. The smallest absolute Gasteiger partial charge is 0.271 e. The molecule has 0 radical (unpaired) electrons. The van der Waals surface area contributed by atoms with Crippen molar-refractivity contribution >= 4 is 17.5 Å². The number of amides is 1. The highest BCUT2D eigenvalue weighted by Gasteiger charge is 2.13. The number of rotatable bonds is 4. The van der Waals surface area contributed by atoms with E-state index in [4.69, 9.17) is 11.6 Å². The fourth-order valence-electron chi connectivity index (χ4n) is 1.95. The van der Waals surface area contributed by atoms with Crippen molar-refractivity contribution in [2.75, 3.05) is 0 Å². The summed E-state index contributed by atoms with van der Waals surface area (Å²) >= 11 is 5.65. The molecule has 0 aliphatic rings. The van der Waals surface area contributed by atoms with E-state index in [-0.39, 0.29) is 22.8 Å². The lowest BCUT2D eigenvalue weighted by Gasteiger charge is -2.15. The molecule has 110 valence electrons. The Morgan fingerprint density at radius 1 is 1.05 bits per heavy atom. The van der Waals surface area contributed by atoms with Crippen LogP contribution >= 0.6 is 11.6 Å². The largest absolute Gasteiger partial charge is 0.344 e. The van der Waals surface area contributed by atoms with Crippen LogP contribution in [0.5, 0.6) is 0 Å². The molecule has 1 aromatic heterocycles. The average molecular weight is 304 g/mol. The average Bonchev–Trinajstić information content (AvgIpc) is 2.47. The molecule has 4 nitrogen and oxygen atoms in total. The maximum atomic E-state index is 12.1. The van der Waals surface area contributed by atoms with E-state index in [0.29, 0.717) is 5.92 Å². The van der Waals surface area contributed by atoms with Gasteiger partial charge in [-0.3, -0.25) is 4.79 Å². The van der Waals surface area contributed by atoms with Crippen molar-refractivity contribution in [1.82, 2.24) is 15.3 Å². The Morgan fingerprint density at radius 3 is 2.19 bits per heavy atom. The third-order valence-electron chi connectivity index (χ3n) is 3.30. The zero-order chi connectivity index (χ0) is 15.4. The van der Waals surface area contributed by atoms with Crippen molar-refractivity contribution in [3.05, 3.63) is 58.6 Å². The molecule has 0 aliphatic carbocycles. The van der Waals surface area contributed by atoms with Crippen molar-refractivity contribution in [3.8, 4) is 0 Å². The molecule has 0 saturated heterocycles. The van der Waals surface area contributed by atoms with Crippen molar-refractivity contribution in [1.29, 1.82) is 0 Å². The van der Waals surface area contributed by atoms with Crippen LogP contribution in [0, 0.1) is 0 Å². The SMILES string of the molecule is CC(C)c1ccc(C(C)NC(=O)c2cnc(Cl)cn2)cc1. The second-order valence-electron chi connectivity index (χ2n) is 5.24. The molecule has 1 aromatic carbocycles. The van der Waals surface area contributed by atoms with E-state index in [2.05, 4.69) is 41.3 Å². The molecule has 2 rings (SSSR count). The molecule has 1 unspecified atom stereocenters. The fourth-order valence-corrected chi connectivity index (χ4v) is 2.05. The van der Waals surface area contributed by atoms with Gasteiger partial charge in [0, 0.05) is 0 Å². The lowest BCUT2D eigenvalue weighted by molar-refractivity contribution is 0.0934. The van der Waals surface area contributed by atoms with Crippen molar-refractivity contribution < 1.29 is 4.79 Å². The monoisotopic (exact) mass is 303 g/mol. The predicted octanol–water partition coefficient (Wildman–Crippen LogP) is 3.74. The van der Waals surface area contributed by atoms with Crippen LogP contribution in [0.25, 0.3) is 0 Å². The number of benzene rings is 1. The summed E-state index contributed by atoms with van der Waals surface area (Å²) in [6.45, 7) is 6.24. The standard InChI is InChI=1S/C16H18ClN3O/c1-10(2)12-4-6-13(7-5-12)11(3)20-16(21)14-8-19-15(17)9-18-14/h4-11H,1-3H3,(H,20,21). The summed E-state index contributed by atoms with van der Waals surface area (Å²) in [6.07, 6.45) is 2.73. The molecule has 5 heteroatoms. The molecule has 0 spiro atoms. The van der Waals surface area contributed by atoms with Gasteiger partial charge in [0.15, 0.2) is 0 Å². The summed E-state index contributed by atoms with van der Waals surface area (Å²) < 4.78 is 0. The maximum absolute atomic E-state index is 12.1. The number of halogens is 1. The summed E-state index contributed by atoms with van der Waals surface area (Å²) in [7, 11) is 0. The third-order valence-corrected chi connectivity index (χ3v) is 3.50. The van der Waals surface area contributed by atoms with E-state index < -0.39 is 0 Å². The first-order valence-electron chi connectivity index (χ1n) is 6.85. The fraction of sp³-hybridized carbons (Fsp3) is 0.312. The number of hydrogen-bond donors (Lipinski definition) is 1. The van der Waals surface area contributed by atoms with Gasteiger partial charge in [0.25, 0.3) is 5.91 Å². The number of carbonyl (C=O) groups excluding carboxylic acids is 1. The molecule has 2 aromatic rings. The normalized spacial score (nSPS) is 12.2. The van der Waals surface area contributed by atoms with Crippen LogP contribution in [-0.4, -0.2) is 15.9 Å². The van der Waals surface area contributed by atoms with Gasteiger partial charge in [-0.2, -0.15) is 0 Å². The Morgan fingerprint density at radius 2 is 1.67 bits per heavy atom. The molecule has 1 amide bonds. The first-order chi connectivity index (χ1) is 9.97. The summed E-state index contributed by atoms with van der Waals surface area (Å²) in [5.74, 6) is 0.230. The summed E-state index contributed by atoms with van der Waals surface area (Å²) in [5, 5.41) is 3.16. The zero-order valence-corrected chi connectivity index (χ0v) is 13.1. The van der Waals surface area contributed by atoms with Crippen molar-refractivity contribution in [2.45, 2.75) is 32.7 Å². The molecular formula is C16H18ClN3O. The molecule has 0 fully saturated rings. The van der Waals surface area contributed by atoms with Crippen LogP contribution in [0.3, 0.4) is 0 Å². The first-order valence-corrected chi connectivity index (χ1v) is 7.23. The van der Waals surface area contributed by atoms with Crippen molar-refractivity contribution in [2.24, 2.45) is 0 Å². The maximum Gasteiger partial charge on any atom is 0.271 e. The van der Waals surface area contributed by atoms with Crippen LogP contribution in [0.15, 0.2) is 36.7 Å². The van der Waals surface area contributed by atoms with Crippen LogP contribution in [0.2, 0.25) is 5.15 Å². The van der Waals surface area contributed by atoms with Gasteiger partial charge in [-0.05, 0) is 24.0 Å². The van der Waals surface area contributed by atoms with Gasteiger partial charge < -0.3 is 5.32 Å². The molecule has 21 heavy (non-hydrogen) atoms. The van der Waals surface area contributed by atoms with Crippen LogP contribution in [-0.2, 0) is 0 Å². The Balaban J connectivity index is 2.05. The minimum Gasteiger partial charge on any atom is -0.344 e. The van der Waals surface area contributed by atoms with Crippen LogP contribution < -0.4 is 5.32 Å². The van der Waals surface area contributed by atoms with E-state index in [0.717, 1.165) is 5.56 Å². The summed E-state index contributed by atoms with van der Waals surface area (Å²) in [4.78, 5) is 19.9. The topological polar surface area (TPSA) is 54.9 Å². The molecule has 1 atom stereocenters. The van der Waals surface area contributed by atoms with E-state index in [1.165, 1.54) is 18.0 Å². The minimum absolute atomic E-state index is 0.101. The summed E-state index contributed by atoms with van der Waals surface area (Å²) in [6, 6.07) is 8.15. The predicted molar refractivity (Wildman–Crippen MR) is 83.5 cm³/mol. The number of aromatic nitrogens is 2. The first kappa shape index (κ1) is 15.4. The van der Waals surface area contributed by atoms with Gasteiger partial charge in [-0.25, -0.2) is 9.97 Å². The molecule has 0 bridgehead atoms. The van der Waals surface area contributed by atoms with E-state index in [9.17, 15) is 4.79 Å². The van der Waals surface area contributed by atoms with Gasteiger partial charge in [-0.1, -0.05) is 49.7 Å². The molecular weight excluding hydrogens is 286 g/mol. The second kappa shape index (κ2) is 6.68. The van der Waals surface area contributed by atoms with Crippen LogP contribution in [0.1, 0.15) is 54.3 Å². The highest BCUT2D eigenvalue weighted by molar-refractivity contribution is 6.29. The van der Waals surface area contributed by atoms with E-state index in [1.807, 2.05) is 19.1 Å². The van der Waals surface area contributed by atoms with E-state index in [1.54, 1.807) is 0 Å². The number of carbonyl (C=O) groups is 1.